The van der Waals surface area contributed by atoms with Crippen LogP contribution in [-0.2, 0) is 32.2 Å². The van der Waals surface area contributed by atoms with E-state index in [2.05, 4.69) is 30.0 Å². The maximum atomic E-state index is 13.2. The monoisotopic (exact) mass is 717 g/mol. The van der Waals surface area contributed by atoms with Crippen LogP contribution in [0.3, 0.4) is 0 Å². The Kier molecular flexibility index (Phi) is 14.2. The topological polar surface area (TPSA) is 150 Å². The number of aliphatic imine (C=N–C) groups is 1. The van der Waals surface area contributed by atoms with Crippen molar-refractivity contribution in [3.05, 3.63) is 95.1 Å². The molecule has 0 unspecified atom stereocenters. The van der Waals surface area contributed by atoms with Gasteiger partial charge in [0.25, 0.3) is 0 Å². The Hall–Kier alpha value is -5.30. The lowest BCUT2D eigenvalue weighted by Gasteiger charge is -2.22. The standard InChI is InChI=1S/C38H47N3O9Si/c1-26(42)31-11-9-10-29(22-31)23-41(24-34(43)47-20-21-51(6,7)8)37(46)48-25-28-12-18-33(19-13-28)49-35(44)30-14-16-32(17-15-30)39-27(2)40-36(45)50-38(3,4)5/h9-19,22H,20-21,23-25H2,1-8H3,(H,39,40,45). The smallest absolute Gasteiger partial charge is 0.413 e. The fourth-order valence-electron chi connectivity index (χ4n) is 4.37. The largest absolute Gasteiger partial charge is 0.465 e. The number of benzene rings is 3. The first kappa shape index (κ1) is 40.1. The van der Waals surface area contributed by atoms with Crippen molar-refractivity contribution < 1.29 is 42.9 Å². The summed E-state index contributed by atoms with van der Waals surface area (Å²) in [5.74, 6) is -0.646. The number of hydrogen-bond acceptors (Lipinski definition) is 10. The number of carbonyl (C=O) groups excluding carboxylic acids is 5. The average molecular weight is 718 g/mol. The number of Topliss-reactive ketones (excluding diaryl/α,β-unsaturated/α-hetero) is 1. The van der Waals surface area contributed by atoms with Crippen LogP contribution in [0, 0.1) is 0 Å². The molecule has 0 saturated heterocycles. The van der Waals surface area contributed by atoms with Crippen LogP contribution in [0.4, 0.5) is 15.3 Å². The highest BCUT2D eigenvalue weighted by Crippen LogP contribution is 2.19. The molecule has 0 heterocycles. The number of carbonyl (C=O) groups is 5. The molecule has 0 saturated carbocycles. The molecule has 0 radical (unpaired) electrons. The number of alkyl carbamates (subject to hydrolysis) is 1. The van der Waals surface area contributed by atoms with E-state index < -0.39 is 37.8 Å². The van der Waals surface area contributed by atoms with E-state index in [9.17, 15) is 24.0 Å². The molecule has 2 amide bonds. The van der Waals surface area contributed by atoms with Gasteiger partial charge in [0.2, 0.25) is 0 Å². The third kappa shape index (κ3) is 15.0. The third-order valence-corrected chi connectivity index (χ3v) is 8.68. The van der Waals surface area contributed by atoms with Gasteiger partial charge in [-0.05, 0) is 94.3 Å². The minimum Gasteiger partial charge on any atom is -0.465 e. The minimum absolute atomic E-state index is 0.0356. The molecule has 0 bridgehead atoms. The highest BCUT2D eigenvalue weighted by molar-refractivity contribution is 6.76. The van der Waals surface area contributed by atoms with Crippen LogP contribution in [0.25, 0.3) is 0 Å². The van der Waals surface area contributed by atoms with Crippen molar-refractivity contribution >= 4 is 49.5 Å². The van der Waals surface area contributed by atoms with Gasteiger partial charge in [0, 0.05) is 20.2 Å². The normalized spacial score (nSPS) is 11.6. The summed E-state index contributed by atoms with van der Waals surface area (Å²) < 4.78 is 21.7. The van der Waals surface area contributed by atoms with Crippen LogP contribution < -0.4 is 10.1 Å². The fourth-order valence-corrected chi connectivity index (χ4v) is 5.08. The minimum atomic E-state index is -1.42. The van der Waals surface area contributed by atoms with Crippen molar-refractivity contribution in [2.45, 2.75) is 79.1 Å². The van der Waals surface area contributed by atoms with Crippen molar-refractivity contribution in [3.63, 3.8) is 0 Å². The molecule has 0 aliphatic heterocycles. The number of hydrogen-bond donors (Lipinski definition) is 1. The fraction of sp³-hybridized carbons (Fsp3) is 0.368. The van der Waals surface area contributed by atoms with Gasteiger partial charge in [0.15, 0.2) is 5.78 Å². The van der Waals surface area contributed by atoms with Crippen molar-refractivity contribution in [2.75, 3.05) is 13.2 Å². The highest BCUT2D eigenvalue weighted by atomic mass is 28.3. The van der Waals surface area contributed by atoms with Gasteiger partial charge in [0.1, 0.15) is 30.3 Å². The number of esters is 2. The van der Waals surface area contributed by atoms with Gasteiger partial charge in [-0.25, -0.2) is 19.4 Å². The number of nitrogens with one attached hydrogen (secondary N) is 1. The first-order valence-corrected chi connectivity index (χ1v) is 20.2. The molecule has 0 fully saturated rings. The highest BCUT2D eigenvalue weighted by Gasteiger charge is 2.22. The Morgan fingerprint density at radius 1 is 0.824 bits per heavy atom. The molecule has 1 N–H and O–H groups in total. The molecule has 51 heavy (non-hydrogen) atoms. The Morgan fingerprint density at radius 2 is 1.49 bits per heavy atom. The van der Waals surface area contributed by atoms with E-state index in [4.69, 9.17) is 18.9 Å². The molecule has 0 aliphatic rings. The van der Waals surface area contributed by atoms with E-state index in [0.717, 1.165) is 6.04 Å². The van der Waals surface area contributed by atoms with Crippen molar-refractivity contribution in [1.29, 1.82) is 0 Å². The summed E-state index contributed by atoms with van der Waals surface area (Å²) in [5, 5.41) is 2.55. The maximum absolute atomic E-state index is 13.2. The molecule has 0 aromatic heterocycles. The van der Waals surface area contributed by atoms with Crippen LogP contribution in [0.15, 0.2) is 77.8 Å². The van der Waals surface area contributed by atoms with Crippen LogP contribution in [-0.4, -0.2) is 67.5 Å². The number of rotatable bonds is 13. The van der Waals surface area contributed by atoms with E-state index in [1.807, 2.05) is 0 Å². The van der Waals surface area contributed by atoms with Crippen LogP contribution in [0.5, 0.6) is 5.75 Å². The van der Waals surface area contributed by atoms with E-state index in [-0.39, 0.29) is 43.4 Å². The second-order valence-corrected chi connectivity index (χ2v) is 19.7. The van der Waals surface area contributed by atoms with Crippen LogP contribution in [0.2, 0.25) is 25.7 Å². The summed E-state index contributed by atoms with van der Waals surface area (Å²) >= 11 is 0. The molecule has 0 atom stereocenters. The summed E-state index contributed by atoms with van der Waals surface area (Å²) in [6, 6.07) is 20.4. The van der Waals surface area contributed by atoms with Gasteiger partial charge in [-0.15, -0.1) is 0 Å². The van der Waals surface area contributed by atoms with Crippen molar-refractivity contribution in [3.8, 4) is 5.75 Å². The van der Waals surface area contributed by atoms with Crippen molar-refractivity contribution in [2.24, 2.45) is 4.99 Å². The second kappa shape index (κ2) is 18.1. The summed E-state index contributed by atoms with van der Waals surface area (Å²) in [6.45, 7) is 14.8. The Labute approximate surface area is 300 Å². The lowest BCUT2D eigenvalue weighted by molar-refractivity contribution is -0.144. The van der Waals surface area contributed by atoms with E-state index in [0.29, 0.717) is 28.2 Å². The lowest BCUT2D eigenvalue weighted by Crippen LogP contribution is -2.37. The quantitative estimate of drug-likeness (QED) is 0.0357. The van der Waals surface area contributed by atoms with Gasteiger partial charge in [-0.2, -0.15) is 0 Å². The molecule has 0 spiro atoms. The Balaban J connectivity index is 1.58. The second-order valence-electron chi connectivity index (χ2n) is 14.1. The molecule has 3 aromatic carbocycles. The van der Waals surface area contributed by atoms with Crippen LogP contribution in [0.1, 0.15) is 66.5 Å². The van der Waals surface area contributed by atoms with Crippen molar-refractivity contribution in [1.82, 2.24) is 10.2 Å². The zero-order valence-corrected chi connectivity index (χ0v) is 31.5. The zero-order chi connectivity index (χ0) is 37.8. The Bertz CT molecular complexity index is 1720. The molecule has 12 nitrogen and oxygen atoms in total. The molecular weight excluding hydrogens is 671 g/mol. The number of amides is 2. The van der Waals surface area contributed by atoms with Gasteiger partial charge in [-0.3, -0.25) is 19.8 Å². The predicted octanol–water partition coefficient (Wildman–Crippen LogP) is 7.70. The number of nitrogens with zero attached hydrogens (tertiary/aromatic N) is 2. The van der Waals surface area contributed by atoms with Crippen LogP contribution >= 0.6 is 0 Å². The number of ketones is 1. The maximum Gasteiger partial charge on any atom is 0.413 e. The van der Waals surface area contributed by atoms with E-state index in [1.54, 1.807) is 100 Å². The SMILES string of the molecule is CC(=O)c1cccc(CN(CC(=O)OCC[Si](C)(C)C)C(=O)OCc2ccc(OC(=O)c3ccc(N=C(C)NC(=O)OC(C)(C)C)cc3)cc2)c1. The summed E-state index contributed by atoms with van der Waals surface area (Å²) in [6.07, 6.45) is -1.35. The van der Waals surface area contributed by atoms with Gasteiger partial charge in [-0.1, -0.05) is 50.0 Å². The lowest BCUT2D eigenvalue weighted by atomic mass is 10.1. The predicted molar refractivity (Wildman–Crippen MR) is 196 cm³/mol. The molecule has 3 aromatic rings. The van der Waals surface area contributed by atoms with Gasteiger partial charge < -0.3 is 18.9 Å². The summed E-state index contributed by atoms with van der Waals surface area (Å²) in [5.41, 5.74) is 1.94. The molecule has 272 valence electrons. The average Bonchev–Trinajstić information content (AvgIpc) is 3.02. The molecule has 3 rings (SSSR count). The first-order chi connectivity index (χ1) is 23.9. The summed E-state index contributed by atoms with van der Waals surface area (Å²) in [4.78, 5) is 68.0. The first-order valence-electron chi connectivity index (χ1n) is 16.5. The Morgan fingerprint density at radius 3 is 2.10 bits per heavy atom. The molecule has 13 heteroatoms. The molecule has 0 aliphatic carbocycles. The summed E-state index contributed by atoms with van der Waals surface area (Å²) in [7, 11) is -1.42. The molecular formula is C38H47N3O9Si. The third-order valence-electron chi connectivity index (χ3n) is 6.98. The van der Waals surface area contributed by atoms with E-state index in [1.165, 1.54) is 11.8 Å². The van der Waals surface area contributed by atoms with Gasteiger partial charge in [0.05, 0.1) is 17.9 Å². The van der Waals surface area contributed by atoms with E-state index >= 15 is 0 Å². The van der Waals surface area contributed by atoms with Gasteiger partial charge >= 0.3 is 24.1 Å². The number of amidine groups is 1. The number of ether oxygens (including phenoxy) is 4. The zero-order valence-electron chi connectivity index (χ0n) is 30.5.